The fourth-order valence-electron chi connectivity index (χ4n) is 1.66. The van der Waals surface area contributed by atoms with Crippen LogP contribution >= 0.6 is 0 Å². The van der Waals surface area contributed by atoms with Crippen LogP contribution < -0.4 is 10.7 Å². The number of aromatic nitrogens is 1. The molecule has 0 aliphatic carbocycles. The number of halogens is 1. The molecule has 2 N–H and O–H groups in total. The molecule has 0 fully saturated rings. The molecule has 7 nitrogen and oxygen atoms in total. The first-order valence-corrected chi connectivity index (χ1v) is 5.83. The molecule has 0 unspecified atom stereocenters. The molecule has 0 saturated heterocycles. The van der Waals surface area contributed by atoms with Gasteiger partial charge >= 0.3 is 0 Å². The summed E-state index contributed by atoms with van der Waals surface area (Å²) in [6.07, 6.45) is 1.22. The summed E-state index contributed by atoms with van der Waals surface area (Å²) >= 11 is 0. The summed E-state index contributed by atoms with van der Waals surface area (Å²) in [6, 6.07) is 4.04. The molecule has 0 spiro atoms. The number of aryl methyl sites for hydroxylation is 1. The van der Waals surface area contributed by atoms with Crippen molar-refractivity contribution in [3.63, 3.8) is 0 Å². The Bertz CT molecular complexity index is 785. The SMILES string of the molecule is Cc1cc(=O)c(C(=O)Nc2ccc([N+](=O)[O-])cc2F)c[nH]1. The van der Waals surface area contributed by atoms with Gasteiger partial charge in [-0.15, -0.1) is 0 Å². The van der Waals surface area contributed by atoms with E-state index >= 15 is 0 Å². The average Bonchev–Trinajstić information content (AvgIpc) is 2.40. The van der Waals surface area contributed by atoms with E-state index < -0.39 is 27.8 Å². The van der Waals surface area contributed by atoms with Gasteiger partial charge in [0.15, 0.2) is 11.2 Å². The number of amides is 1. The predicted molar refractivity (Wildman–Crippen MR) is 72.8 cm³/mol. The van der Waals surface area contributed by atoms with E-state index in [0.29, 0.717) is 11.8 Å². The molecule has 0 bridgehead atoms. The minimum Gasteiger partial charge on any atom is -0.364 e. The van der Waals surface area contributed by atoms with Crippen molar-refractivity contribution in [2.75, 3.05) is 5.32 Å². The van der Waals surface area contributed by atoms with Crippen LogP contribution in [0.3, 0.4) is 0 Å². The fourth-order valence-corrected chi connectivity index (χ4v) is 1.66. The topological polar surface area (TPSA) is 105 Å². The highest BCUT2D eigenvalue weighted by molar-refractivity contribution is 6.04. The van der Waals surface area contributed by atoms with Gasteiger partial charge in [-0.2, -0.15) is 0 Å². The first kappa shape index (κ1) is 14.4. The van der Waals surface area contributed by atoms with E-state index in [1.807, 2.05) is 0 Å². The lowest BCUT2D eigenvalue weighted by Crippen LogP contribution is -2.22. The Balaban J connectivity index is 2.27. The van der Waals surface area contributed by atoms with E-state index in [4.69, 9.17) is 0 Å². The van der Waals surface area contributed by atoms with Crippen LogP contribution in [-0.4, -0.2) is 15.8 Å². The summed E-state index contributed by atoms with van der Waals surface area (Å²) in [6.45, 7) is 1.65. The molecular formula is C13H10FN3O4. The van der Waals surface area contributed by atoms with Crippen LogP contribution in [0.5, 0.6) is 0 Å². The number of H-pyrrole nitrogens is 1. The fraction of sp³-hybridized carbons (Fsp3) is 0.0769. The molecule has 1 heterocycles. The van der Waals surface area contributed by atoms with Crippen molar-refractivity contribution in [1.82, 2.24) is 4.98 Å². The number of nitro benzene ring substituents is 1. The maximum atomic E-state index is 13.6. The van der Waals surface area contributed by atoms with Crippen molar-refractivity contribution in [3.8, 4) is 0 Å². The smallest absolute Gasteiger partial charge is 0.272 e. The molecule has 0 aliphatic rings. The van der Waals surface area contributed by atoms with Gasteiger partial charge in [0.05, 0.1) is 16.7 Å². The third-order valence-electron chi connectivity index (χ3n) is 2.71. The maximum absolute atomic E-state index is 13.6. The van der Waals surface area contributed by atoms with Gasteiger partial charge in [0.2, 0.25) is 0 Å². The van der Waals surface area contributed by atoms with E-state index in [2.05, 4.69) is 10.3 Å². The molecule has 21 heavy (non-hydrogen) atoms. The summed E-state index contributed by atoms with van der Waals surface area (Å²) in [5.74, 6) is -1.76. The Kier molecular flexibility index (Phi) is 3.79. The van der Waals surface area contributed by atoms with Gasteiger partial charge in [0, 0.05) is 24.0 Å². The summed E-state index contributed by atoms with van der Waals surface area (Å²) in [5, 5.41) is 12.7. The van der Waals surface area contributed by atoms with Crippen molar-refractivity contribution in [2.24, 2.45) is 0 Å². The van der Waals surface area contributed by atoms with Crippen molar-refractivity contribution < 1.29 is 14.1 Å². The van der Waals surface area contributed by atoms with E-state index in [1.165, 1.54) is 12.3 Å². The zero-order valence-electron chi connectivity index (χ0n) is 10.8. The lowest BCUT2D eigenvalue weighted by atomic mass is 10.2. The first-order valence-electron chi connectivity index (χ1n) is 5.83. The minimum absolute atomic E-state index is 0.182. The number of pyridine rings is 1. The second-order valence-electron chi connectivity index (χ2n) is 4.27. The van der Waals surface area contributed by atoms with Gasteiger partial charge in [0.1, 0.15) is 5.56 Å². The van der Waals surface area contributed by atoms with Gasteiger partial charge in [-0.05, 0) is 13.0 Å². The lowest BCUT2D eigenvalue weighted by Gasteiger charge is -2.06. The van der Waals surface area contributed by atoms with Gasteiger partial charge < -0.3 is 10.3 Å². The van der Waals surface area contributed by atoms with E-state index in [1.54, 1.807) is 6.92 Å². The Morgan fingerprint density at radius 1 is 1.38 bits per heavy atom. The number of anilines is 1. The number of non-ortho nitro benzene ring substituents is 1. The van der Waals surface area contributed by atoms with Crippen molar-refractivity contribution in [3.05, 3.63) is 67.9 Å². The predicted octanol–water partition coefficient (Wildman–Crippen LogP) is 1.98. The molecule has 1 aromatic carbocycles. The van der Waals surface area contributed by atoms with E-state index in [9.17, 15) is 24.1 Å². The number of carbonyl (C=O) groups excluding carboxylic acids is 1. The van der Waals surface area contributed by atoms with Crippen molar-refractivity contribution in [1.29, 1.82) is 0 Å². The lowest BCUT2D eigenvalue weighted by molar-refractivity contribution is -0.385. The van der Waals surface area contributed by atoms with E-state index in [0.717, 1.165) is 12.1 Å². The average molecular weight is 291 g/mol. The number of aromatic amines is 1. The molecule has 108 valence electrons. The van der Waals surface area contributed by atoms with Crippen LogP contribution in [-0.2, 0) is 0 Å². The molecular weight excluding hydrogens is 281 g/mol. The van der Waals surface area contributed by atoms with Crippen LogP contribution in [0.15, 0.2) is 35.3 Å². The molecule has 0 atom stereocenters. The van der Waals surface area contributed by atoms with Crippen LogP contribution in [0, 0.1) is 22.9 Å². The van der Waals surface area contributed by atoms with Gasteiger partial charge in [-0.3, -0.25) is 19.7 Å². The van der Waals surface area contributed by atoms with E-state index in [-0.39, 0.29) is 11.3 Å². The molecule has 1 aromatic heterocycles. The molecule has 0 saturated carbocycles. The summed E-state index contributed by atoms with van der Waals surface area (Å²) in [7, 11) is 0. The number of benzene rings is 1. The number of nitrogens with one attached hydrogen (secondary N) is 2. The number of carbonyl (C=O) groups is 1. The Labute approximate surface area is 117 Å². The Hall–Kier alpha value is -3.03. The number of nitrogens with zero attached hydrogens (tertiary/aromatic N) is 1. The highest BCUT2D eigenvalue weighted by atomic mass is 19.1. The van der Waals surface area contributed by atoms with Crippen LogP contribution in [0.4, 0.5) is 15.8 Å². The number of nitro groups is 1. The van der Waals surface area contributed by atoms with Gasteiger partial charge in [-0.25, -0.2) is 4.39 Å². The van der Waals surface area contributed by atoms with Crippen LogP contribution in [0.1, 0.15) is 16.1 Å². The summed E-state index contributed by atoms with van der Waals surface area (Å²) in [5.41, 5.74) is -0.785. The minimum atomic E-state index is -0.957. The second kappa shape index (κ2) is 5.53. The normalized spacial score (nSPS) is 10.2. The zero-order chi connectivity index (χ0) is 15.6. The molecule has 0 radical (unpaired) electrons. The summed E-state index contributed by atoms with van der Waals surface area (Å²) in [4.78, 5) is 36.0. The van der Waals surface area contributed by atoms with Crippen LogP contribution in [0.25, 0.3) is 0 Å². The number of hydrogen-bond donors (Lipinski definition) is 2. The molecule has 8 heteroatoms. The second-order valence-corrected chi connectivity index (χ2v) is 4.27. The van der Waals surface area contributed by atoms with Crippen molar-refractivity contribution in [2.45, 2.75) is 6.92 Å². The third-order valence-corrected chi connectivity index (χ3v) is 2.71. The molecule has 1 amide bonds. The largest absolute Gasteiger partial charge is 0.364 e. The van der Waals surface area contributed by atoms with Gasteiger partial charge in [-0.1, -0.05) is 0 Å². The highest BCUT2D eigenvalue weighted by Crippen LogP contribution is 2.20. The quantitative estimate of drug-likeness (QED) is 0.666. The first-order chi connectivity index (χ1) is 9.88. The summed E-state index contributed by atoms with van der Waals surface area (Å²) < 4.78 is 13.6. The molecule has 2 aromatic rings. The maximum Gasteiger partial charge on any atom is 0.272 e. The zero-order valence-corrected chi connectivity index (χ0v) is 10.8. The Morgan fingerprint density at radius 3 is 2.67 bits per heavy atom. The standard InChI is InChI=1S/C13H10FN3O4/c1-7-4-12(18)9(6-15-7)13(19)16-11-3-2-8(17(20)21)5-10(11)14/h2-6H,1H3,(H,15,18)(H,16,19). The highest BCUT2D eigenvalue weighted by Gasteiger charge is 2.15. The van der Waals surface area contributed by atoms with Crippen molar-refractivity contribution >= 4 is 17.3 Å². The molecule has 2 rings (SSSR count). The monoisotopic (exact) mass is 291 g/mol. The van der Waals surface area contributed by atoms with Crippen LogP contribution in [0.2, 0.25) is 0 Å². The Morgan fingerprint density at radius 2 is 2.10 bits per heavy atom. The van der Waals surface area contributed by atoms with Gasteiger partial charge in [0.25, 0.3) is 11.6 Å². The number of rotatable bonds is 3. The molecule has 0 aliphatic heterocycles. The third kappa shape index (κ3) is 3.11. The number of hydrogen-bond acceptors (Lipinski definition) is 4.